The van der Waals surface area contributed by atoms with Crippen molar-refractivity contribution in [3.8, 4) is 0 Å². The molecule has 16 nitrogen and oxygen atoms in total. The Balaban J connectivity index is 0.000000139. The van der Waals surface area contributed by atoms with Crippen LogP contribution in [0.2, 0.25) is 74.5 Å². The summed E-state index contributed by atoms with van der Waals surface area (Å²) in [7, 11) is -7.14. The molecule has 0 spiro atoms. The fourth-order valence-corrected chi connectivity index (χ4v) is 42.3. The van der Waals surface area contributed by atoms with Gasteiger partial charge in [0.05, 0.1) is 53.0 Å². The van der Waals surface area contributed by atoms with Gasteiger partial charge in [0.25, 0.3) is 0 Å². The molecule has 20 atom stereocenters. The van der Waals surface area contributed by atoms with Crippen molar-refractivity contribution in [2.24, 2.45) is 94.7 Å². The lowest BCUT2D eigenvalue weighted by atomic mass is 9.81. The molecule has 2 aromatic rings. The number of nitrogen functional groups attached to an aromatic ring is 2. The summed E-state index contributed by atoms with van der Waals surface area (Å²) in [6.07, 6.45) is 7.72. The van der Waals surface area contributed by atoms with E-state index in [0.717, 1.165) is 56.9 Å². The first-order valence-corrected chi connectivity index (χ1v) is 40.8. The number of amides is 4. The summed E-state index contributed by atoms with van der Waals surface area (Å²) in [5.74, 6) is -0.935. The van der Waals surface area contributed by atoms with Crippen molar-refractivity contribution in [2.45, 2.75) is 133 Å². The molecule has 0 aromatic heterocycles. The number of carbonyl (C=O) groups is 8. The molecule has 8 aliphatic carbocycles. The van der Waals surface area contributed by atoms with Gasteiger partial charge in [0.2, 0.25) is 23.6 Å². The van der Waals surface area contributed by atoms with E-state index in [1.54, 1.807) is 25.2 Å². The van der Waals surface area contributed by atoms with Gasteiger partial charge in [-0.2, -0.15) is 0 Å². The monoisotopic (exact) mass is 1130 g/mol. The Hall–Kier alpha value is -4.61. The Morgan fingerprint density at radius 1 is 0.436 bits per heavy atom. The van der Waals surface area contributed by atoms with Gasteiger partial charge in [-0.05, 0) is 216 Å². The third-order valence-electron chi connectivity index (χ3n) is 22.5. The predicted molar refractivity (Wildman–Crippen MR) is 299 cm³/mol. The van der Waals surface area contributed by atoms with E-state index in [1.165, 1.54) is 9.80 Å². The van der Waals surface area contributed by atoms with E-state index in [9.17, 15) is 38.4 Å². The number of imide groups is 2. The fraction of sp³-hybridized carbons (Fsp3) is 0.655. The molecular weight excluding hydrogens is 1060 g/mol. The van der Waals surface area contributed by atoms with Crippen LogP contribution in [0.25, 0.3) is 0 Å². The highest BCUT2D eigenvalue weighted by atomic mass is 28.4. The minimum absolute atomic E-state index is 0.00562. The summed E-state index contributed by atoms with van der Waals surface area (Å²) in [5.41, 5.74) is 15.4. The molecule has 8 bridgehead atoms. The second-order valence-electron chi connectivity index (χ2n) is 28.1. The third kappa shape index (κ3) is 8.22. The number of nitrogens with two attached hydrogens (primary N) is 2. The summed E-state index contributed by atoms with van der Waals surface area (Å²) >= 11 is 0. The zero-order valence-electron chi connectivity index (χ0n) is 46.8. The second-order valence-corrected chi connectivity index (χ2v) is 45.5. The average molecular weight is 1140 g/mol. The van der Waals surface area contributed by atoms with Crippen LogP contribution in [0.15, 0.2) is 48.5 Å². The van der Waals surface area contributed by atoms with Crippen LogP contribution in [0.5, 0.6) is 0 Å². The van der Waals surface area contributed by atoms with E-state index < -0.39 is 33.3 Å². The van der Waals surface area contributed by atoms with Crippen molar-refractivity contribution in [2.75, 3.05) is 23.4 Å². The quantitative estimate of drug-likeness (QED) is 0.0791. The average Bonchev–Trinajstić information content (AvgIpc) is 4.34. The van der Waals surface area contributed by atoms with E-state index in [1.807, 2.05) is 37.3 Å². The topological polar surface area (TPSA) is 232 Å². The van der Waals surface area contributed by atoms with Crippen LogP contribution in [0.1, 0.15) is 56.9 Å². The minimum Gasteiger partial charge on any atom is -0.455 e. The smallest absolute Gasteiger partial charge is 0.317 e. The van der Waals surface area contributed by atoms with Crippen molar-refractivity contribution < 1.29 is 56.1 Å². The van der Waals surface area contributed by atoms with Crippen molar-refractivity contribution in [1.29, 1.82) is 0 Å². The molecule has 4 aliphatic heterocycles. The second kappa shape index (κ2) is 18.5. The minimum atomic E-state index is -2.24. The number of fused-ring (bicyclic) bond motifs is 20. The number of anilines is 3. The van der Waals surface area contributed by atoms with Crippen LogP contribution >= 0.6 is 0 Å². The highest BCUT2D eigenvalue weighted by molar-refractivity contribution is 6.87. The van der Waals surface area contributed by atoms with Gasteiger partial charge in [-0.1, -0.05) is 18.2 Å². The summed E-state index contributed by atoms with van der Waals surface area (Å²) in [5, 5.41) is 0. The summed E-state index contributed by atoms with van der Waals surface area (Å²) in [6.45, 7) is 20.4. The number of cyclic esters (lactones) is 4. The Morgan fingerprint density at radius 2 is 0.769 bits per heavy atom. The number of nitrogens with zero attached hydrogens (tertiary/aromatic N) is 2. The molecule has 4 saturated heterocycles. The Labute approximate surface area is 461 Å². The first kappa shape index (κ1) is 54.0. The molecule has 12 aliphatic rings. The molecule has 20 unspecified atom stereocenters. The number of rotatable bonds is 9. The van der Waals surface area contributed by atoms with E-state index in [4.69, 9.17) is 29.2 Å². The molecule has 14 rings (SSSR count). The number of carbonyl (C=O) groups excluding carboxylic acids is 8. The van der Waals surface area contributed by atoms with E-state index in [-0.39, 0.29) is 136 Å². The highest BCUT2D eigenvalue weighted by Gasteiger charge is 2.71. The van der Waals surface area contributed by atoms with Gasteiger partial charge in [-0.3, -0.25) is 48.2 Å². The van der Waals surface area contributed by atoms with Crippen molar-refractivity contribution in [3.05, 3.63) is 54.1 Å². The van der Waals surface area contributed by atoms with Crippen LogP contribution in [0.3, 0.4) is 0 Å². The van der Waals surface area contributed by atoms with Gasteiger partial charge < -0.3 is 29.2 Å². The summed E-state index contributed by atoms with van der Waals surface area (Å²) in [4.78, 5) is 105. The van der Waals surface area contributed by atoms with E-state index in [0.29, 0.717) is 45.1 Å². The van der Waals surface area contributed by atoms with Gasteiger partial charge in [0, 0.05) is 18.4 Å². The zero-order valence-corrected chi connectivity index (χ0v) is 50.8. The first-order chi connectivity index (χ1) is 36.6. The van der Waals surface area contributed by atoms with Crippen molar-refractivity contribution in [1.82, 2.24) is 4.90 Å². The van der Waals surface area contributed by atoms with Crippen LogP contribution < -0.4 is 16.4 Å². The molecule has 2 aromatic carbocycles. The lowest BCUT2D eigenvalue weighted by molar-refractivity contribution is -0.156. The predicted octanol–water partition coefficient (Wildman–Crippen LogP) is 8.29. The molecule has 8 saturated carbocycles. The molecule has 78 heavy (non-hydrogen) atoms. The standard InChI is InChI=1S/C30H40N2O5Si2.C22H30O7Si2.C6H8N2/c1-15-8-7-9-18(10-15)32-29(35)24-17-12-20(26(24)30(32)36)22(14-17)39(5,6)37-38(3,4)21-13-16-11-19(21)25-23(16)27(33)31(2)28(25)34;1-30(2,13-7-9-5-11(13)17-15(9)19(23)27-21(17)25)29-31(3,4)14-8-10-6-12(14)18-16(10)20(24)28-22(18)26;7-5-2-1-3-6(8)4-5/h7-10,16-17,19-26H,11-14H2,1-6H3;9-18H,5-8H2,1-4H3;1-4H,7-8H2. The van der Waals surface area contributed by atoms with E-state index >= 15 is 0 Å². The summed E-state index contributed by atoms with van der Waals surface area (Å²) in [6, 6.07) is 14.9. The lowest BCUT2D eigenvalue weighted by Gasteiger charge is -2.46. The molecule has 20 heteroatoms. The van der Waals surface area contributed by atoms with Crippen LogP contribution in [0.4, 0.5) is 17.1 Å². The number of hydrogen-bond acceptors (Lipinski definition) is 14. The van der Waals surface area contributed by atoms with Gasteiger partial charge >= 0.3 is 23.9 Å². The molecule has 418 valence electrons. The highest BCUT2D eigenvalue weighted by Crippen LogP contribution is 2.68. The number of hydrogen-bond donors (Lipinski definition) is 2. The maximum Gasteiger partial charge on any atom is 0.317 e. The maximum absolute atomic E-state index is 13.8. The fourth-order valence-electron chi connectivity index (χ4n) is 20.0. The maximum atomic E-state index is 13.8. The van der Waals surface area contributed by atoms with Crippen LogP contribution in [-0.2, 0) is 56.1 Å². The third-order valence-corrected chi connectivity index (χ3v) is 40.8. The number of esters is 4. The van der Waals surface area contributed by atoms with Crippen molar-refractivity contribution >= 4 is 97.8 Å². The summed E-state index contributed by atoms with van der Waals surface area (Å²) < 4.78 is 24.4. The van der Waals surface area contributed by atoms with Gasteiger partial charge in [-0.15, -0.1) is 0 Å². The Kier molecular flexibility index (Phi) is 12.8. The molecule has 4 heterocycles. The Morgan fingerprint density at radius 3 is 1.17 bits per heavy atom. The van der Waals surface area contributed by atoms with Gasteiger partial charge in [0.1, 0.15) is 0 Å². The molecule has 4 N–H and O–H groups in total. The number of benzene rings is 2. The lowest BCUT2D eigenvalue weighted by Crippen LogP contribution is -2.53. The van der Waals surface area contributed by atoms with E-state index in [2.05, 4.69) is 52.4 Å². The SMILES string of the molecule is C[Si](C)(O[Si](C)(C)C1CC2CC1C1C(=O)OC(=O)C21)C1CC2CC1C1C(=O)OC(=O)C21.Cc1cccc(N2C(=O)C3C4CC(C3C2=O)C([Si](C)(C)O[Si](C)(C)C2CC3CC2C2C(=O)N(C)C(=O)C32)C4)c1.Nc1cccc(N)c1. The van der Waals surface area contributed by atoms with Gasteiger partial charge in [-0.25, -0.2) is 0 Å². The first-order valence-electron chi connectivity index (χ1n) is 28.9. The number of ether oxygens (including phenoxy) is 2. The zero-order chi connectivity index (χ0) is 55.8. The molecule has 0 radical (unpaired) electrons. The normalized spacial score (nSPS) is 40.3. The largest absolute Gasteiger partial charge is 0.455 e. The number of aryl methyl sites for hydroxylation is 1. The van der Waals surface area contributed by atoms with Crippen LogP contribution in [-0.4, -0.2) is 92.7 Å². The number of likely N-dealkylation sites (tertiary alicyclic amines) is 1. The van der Waals surface area contributed by atoms with Crippen LogP contribution in [0, 0.1) is 102 Å². The molecule has 12 fully saturated rings. The van der Waals surface area contributed by atoms with Crippen molar-refractivity contribution in [3.63, 3.8) is 0 Å². The molecule has 4 amide bonds. The Bertz CT molecular complexity index is 2860. The molecular formula is C58H78N4O12Si4. The van der Waals surface area contributed by atoms with Gasteiger partial charge in [0.15, 0.2) is 33.3 Å².